The van der Waals surface area contributed by atoms with E-state index in [-0.39, 0.29) is 38.4 Å². The van der Waals surface area contributed by atoms with Gasteiger partial charge in [-0.2, -0.15) is 0 Å². The fourth-order valence-corrected chi connectivity index (χ4v) is 2.69. The average molecular weight is 376 g/mol. The lowest BCUT2D eigenvalue weighted by Crippen LogP contribution is -2.30. The number of aryl methyl sites for hydroxylation is 3. The molecular weight excluding hydrogens is 352 g/mol. The predicted molar refractivity (Wildman–Crippen MR) is 98.9 cm³/mol. The molecule has 0 amide bonds. The second-order valence-corrected chi connectivity index (χ2v) is 6.45. The maximum atomic E-state index is 12.5. The number of carboxylic acids is 1. The van der Waals surface area contributed by atoms with Crippen LogP contribution in [0, 0.1) is 13.8 Å². The number of nitrogens with zero attached hydrogens (tertiary/aromatic N) is 2. The Kier molecular flexibility index (Phi) is 6.68. The van der Waals surface area contributed by atoms with Crippen LogP contribution in [-0.4, -0.2) is 44.4 Å². The first-order chi connectivity index (χ1) is 12.7. The molecule has 1 heterocycles. The van der Waals surface area contributed by atoms with Crippen molar-refractivity contribution in [3.63, 3.8) is 0 Å². The van der Waals surface area contributed by atoms with Gasteiger partial charge in [0, 0.05) is 19.4 Å². The molecule has 8 heteroatoms. The molecule has 0 aliphatic heterocycles. The minimum atomic E-state index is -1.39. The molecule has 1 aromatic carbocycles. The Bertz CT molecular complexity index is 919. The number of hydrogen-bond donors (Lipinski definition) is 2. The van der Waals surface area contributed by atoms with E-state index in [1.165, 1.54) is 4.57 Å². The second-order valence-electron chi connectivity index (χ2n) is 6.45. The van der Waals surface area contributed by atoms with Crippen LogP contribution in [0.4, 0.5) is 0 Å². The number of aliphatic hydroxyl groups excluding tert-OH is 1. The topological polar surface area (TPSA) is 119 Å². The van der Waals surface area contributed by atoms with Gasteiger partial charge in [-0.25, -0.2) is 9.78 Å². The smallest absolute Gasteiger partial charge is 0.360 e. The molecule has 0 aliphatic carbocycles. The molecular formula is C19H24N2O6. The molecule has 0 saturated heterocycles. The maximum absolute atomic E-state index is 12.5. The summed E-state index contributed by atoms with van der Waals surface area (Å²) in [5, 5.41) is 19.4. The Hall–Kier alpha value is -2.74. The van der Waals surface area contributed by atoms with Gasteiger partial charge in [0.2, 0.25) is 5.69 Å². The summed E-state index contributed by atoms with van der Waals surface area (Å²) in [6, 6.07) is 3.54. The fourth-order valence-electron chi connectivity index (χ4n) is 2.69. The van der Waals surface area contributed by atoms with Gasteiger partial charge >= 0.3 is 11.9 Å². The third kappa shape index (κ3) is 4.91. The van der Waals surface area contributed by atoms with Gasteiger partial charge in [-0.05, 0) is 43.5 Å². The lowest BCUT2D eigenvalue weighted by Gasteiger charge is -2.15. The van der Waals surface area contributed by atoms with E-state index in [1.807, 2.05) is 13.8 Å². The first-order valence-corrected chi connectivity index (χ1v) is 8.83. The minimum Gasteiger partial charge on any atom is -0.476 e. The van der Waals surface area contributed by atoms with Gasteiger partial charge < -0.3 is 19.5 Å². The fraction of sp³-hybridized carbons (Fsp3) is 0.474. The maximum Gasteiger partial charge on any atom is 0.360 e. The van der Waals surface area contributed by atoms with Gasteiger partial charge in [-0.1, -0.05) is 6.92 Å². The van der Waals surface area contributed by atoms with Gasteiger partial charge in [0.15, 0.2) is 0 Å². The predicted octanol–water partition coefficient (Wildman–Crippen LogP) is 1.81. The normalized spacial score (nSPS) is 12.1. The highest BCUT2D eigenvalue weighted by atomic mass is 16.5. The van der Waals surface area contributed by atoms with Crippen LogP contribution in [0.2, 0.25) is 0 Å². The lowest BCUT2D eigenvalue weighted by molar-refractivity contribution is -0.143. The van der Waals surface area contributed by atoms with E-state index >= 15 is 0 Å². The summed E-state index contributed by atoms with van der Waals surface area (Å²) in [4.78, 5) is 39.0. The first kappa shape index (κ1) is 20.6. The molecule has 146 valence electrons. The van der Waals surface area contributed by atoms with Gasteiger partial charge in [-0.3, -0.25) is 9.59 Å². The van der Waals surface area contributed by atoms with Crippen molar-refractivity contribution in [1.82, 2.24) is 9.55 Å². The van der Waals surface area contributed by atoms with Crippen LogP contribution in [0.25, 0.3) is 11.0 Å². The van der Waals surface area contributed by atoms with Gasteiger partial charge in [-0.15, -0.1) is 0 Å². The highest BCUT2D eigenvalue weighted by Crippen LogP contribution is 2.18. The number of carboxylic acid groups (broad SMARTS) is 1. The minimum absolute atomic E-state index is 0.0957. The zero-order chi connectivity index (χ0) is 20.1. The third-order valence-electron chi connectivity index (χ3n) is 4.45. The molecule has 1 unspecified atom stereocenters. The Balaban J connectivity index is 2.26. The third-order valence-corrected chi connectivity index (χ3v) is 4.45. The molecule has 0 fully saturated rings. The van der Waals surface area contributed by atoms with Crippen molar-refractivity contribution in [1.29, 1.82) is 0 Å². The van der Waals surface area contributed by atoms with E-state index in [1.54, 1.807) is 19.1 Å². The molecule has 0 bridgehead atoms. The van der Waals surface area contributed by atoms with E-state index < -0.39 is 23.3 Å². The number of aromatic carboxylic acids is 1. The van der Waals surface area contributed by atoms with E-state index in [0.717, 1.165) is 11.1 Å². The molecule has 0 saturated carbocycles. The molecule has 8 nitrogen and oxygen atoms in total. The monoisotopic (exact) mass is 376 g/mol. The van der Waals surface area contributed by atoms with Crippen molar-refractivity contribution >= 4 is 23.0 Å². The number of carbonyl (C=O) groups is 2. The number of aromatic nitrogens is 2. The van der Waals surface area contributed by atoms with Gasteiger partial charge in [0.1, 0.15) is 0 Å². The molecule has 1 aromatic heterocycles. The summed E-state index contributed by atoms with van der Waals surface area (Å²) in [5.74, 6) is -1.73. The number of hydrogen-bond acceptors (Lipinski definition) is 6. The molecule has 1 atom stereocenters. The molecule has 2 N–H and O–H groups in total. The molecule has 0 radical (unpaired) electrons. The van der Waals surface area contributed by atoms with Crippen molar-refractivity contribution in [3.8, 4) is 0 Å². The van der Waals surface area contributed by atoms with Gasteiger partial charge in [0.05, 0.1) is 23.7 Å². The molecule has 2 rings (SSSR count). The zero-order valence-corrected chi connectivity index (χ0v) is 15.7. The van der Waals surface area contributed by atoms with Crippen LogP contribution in [0.5, 0.6) is 0 Å². The molecule has 27 heavy (non-hydrogen) atoms. The molecule has 0 spiro atoms. The molecule has 0 aliphatic rings. The quantitative estimate of drug-likeness (QED) is 0.674. The summed E-state index contributed by atoms with van der Waals surface area (Å²) >= 11 is 0. The van der Waals surface area contributed by atoms with E-state index in [4.69, 9.17) is 4.74 Å². The highest BCUT2D eigenvalue weighted by Gasteiger charge is 2.18. The number of carbonyl (C=O) groups excluding carboxylic acids is 1. The van der Waals surface area contributed by atoms with Crippen molar-refractivity contribution < 1.29 is 24.5 Å². The number of rotatable bonds is 8. The van der Waals surface area contributed by atoms with Crippen LogP contribution in [0.3, 0.4) is 0 Å². The Morgan fingerprint density at radius 3 is 2.52 bits per heavy atom. The number of aliphatic hydroxyl groups is 1. The largest absolute Gasteiger partial charge is 0.476 e. The van der Waals surface area contributed by atoms with Crippen LogP contribution < -0.4 is 5.56 Å². The van der Waals surface area contributed by atoms with E-state index in [0.29, 0.717) is 11.0 Å². The SMILES string of the molecule is CCC(=O)OCCC(O)CCn1c(=O)c(C(=O)O)nc2cc(C)c(C)cc21. The summed E-state index contributed by atoms with van der Waals surface area (Å²) in [7, 11) is 0. The van der Waals surface area contributed by atoms with Crippen molar-refractivity contribution in [2.24, 2.45) is 0 Å². The van der Waals surface area contributed by atoms with Crippen LogP contribution in [0.15, 0.2) is 16.9 Å². The summed E-state index contributed by atoms with van der Waals surface area (Å²) in [6.07, 6.45) is -0.0579. The van der Waals surface area contributed by atoms with E-state index in [2.05, 4.69) is 4.98 Å². The number of esters is 1. The van der Waals surface area contributed by atoms with Crippen molar-refractivity contribution in [3.05, 3.63) is 39.3 Å². The lowest BCUT2D eigenvalue weighted by atomic mass is 10.1. The number of ether oxygens (including phenoxy) is 1. The van der Waals surface area contributed by atoms with Crippen LogP contribution in [-0.2, 0) is 16.1 Å². The van der Waals surface area contributed by atoms with E-state index in [9.17, 15) is 24.6 Å². The molecule has 2 aromatic rings. The van der Waals surface area contributed by atoms with Crippen molar-refractivity contribution in [2.75, 3.05) is 6.61 Å². The van der Waals surface area contributed by atoms with Gasteiger partial charge in [0.25, 0.3) is 5.56 Å². The number of benzene rings is 1. The summed E-state index contributed by atoms with van der Waals surface area (Å²) in [5.41, 5.74) is 1.58. The number of fused-ring (bicyclic) bond motifs is 1. The van der Waals surface area contributed by atoms with Crippen LogP contribution in [0.1, 0.15) is 47.8 Å². The Morgan fingerprint density at radius 1 is 1.22 bits per heavy atom. The Morgan fingerprint density at radius 2 is 1.89 bits per heavy atom. The average Bonchev–Trinajstić information content (AvgIpc) is 2.61. The second kappa shape index (κ2) is 8.77. The standard InChI is InChI=1S/C19H24N2O6/c1-4-16(23)27-8-6-13(22)5-7-21-15-10-12(3)11(2)9-14(15)20-17(18(21)24)19(25)26/h9-10,13,22H,4-8H2,1-3H3,(H,25,26). The highest BCUT2D eigenvalue weighted by molar-refractivity contribution is 5.88. The zero-order valence-electron chi connectivity index (χ0n) is 15.7. The summed E-state index contributed by atoms with van der Waals surface area (Å²) < 4.78 is 6.26. The Labute approximate surface area is 156 Å². The van der Waals surface area contributed by atoms with Crippen LogP contribution >= 0.6 is 0 Å². The first-order valence-electron chi connectivity index (χ1n) is 8.83. The summed E-state index contributed by atoms with van der Waals surface area (Å²) in [6.45, 7) is 5.69. The van der Waals surface area contributed by atoms with Crippen molar-refractivity contribution in [2.45, 2.75) is 52.7 Å².